The van der Waals surface area contributed by atoms with E-state index in [1.54, 1.807) is 0 Å². The topological polar surface area (TPSA) is 63.5 Å². The summed E-state index contributed by atoms with van der Waals surface area (Å²) in [6.07, 6.45) is 1.46. The van der Waals surface area contributed by atoms with E-state index < -0.39 is 17.0 Å². The molecule has 23 heavy (non-hydrogen) atoms. The normalized spacial score (nSPS) is 23.4. The van der Waals surface area contributed by atoms with Gasteiger partial charge in [-0.1, -0.05) is 30.3 Å². The molecule has 1 heterocycles. The lowest BCUT2D eigenvalue weighted by Crippen LogP contribution is -2.23. The molecule has 3 unspecified atom stereocenters. The van der Waals surface area contributed by atoms with Crippen molar-refractivity contribution in [2.45, 2.75) is 29.7 Å². The Morgan fingerprint density at radius 2 is 1.96 bits per heavy atom. The summed E-state index contributed by atoms with van der Waals surface area (Å²) >= 11 is 0. The van der Waals surface area contributed by atoms with Gasteiger partial charge in [0.2, 0.25) is 6.04 Å². The van der Waals surface area contributed by atoms with Crippen LogP contribution in [0.25, 0.3) is 0 Å². The fraction of sp³-hybridized carbons (Fsp3) is 0.294. The molecular weight excluding hydrogens is 312 g/mol. The maximum atomic E-state index is 12.7. The lowest BCUT2D eigenvalue weighted by molar-refractivity contribution is -0.496. The number of nitro groups is 1. The van der Waals surface area contributed by atoms with Crippen molar-refractivity contribution >= 4 is 16.7 Å². The minimum absolute atomic E-state index is 0.0453. The highest BCUT2D eigenvalue weighted by atomic mass is 32.2. The molecule has 1 aliphatic carbocycles. The number of hydrogen-bond donors (Lipinski definition) is 0. The second-order valence-corrected chi connectivity index (χ2v) is 7.41. The number of benzene rings is 2. The molecule has 6 heteroatoms. The molecule has 0 N–H and O–H groups in total. The molecule has 0 spiro atoms. The first-order chi connectivity index (χ1) is 11.1. The standard InChI is InChI=1S/C17H16N2O3S/c20-19(21)17-11-15(17)12-6-7-16-13(10-12)8-9-18(16)23(22)14-4-2-1-3-5-14/h1-7,10,15,17H,8-9,11H2. The van der Waals surface area contributed by atoms with Gasteiger partial charge in [0.1, 0.15) is 0 Å². The highest BCUT2D eigenvalue weighted by molar-refractivity contribution is 7.86. The van der Waals surface area contributed by atoms with Gasteiger partial charge < -0.3 is 0 Å². The quantitative estimate of drug-likeness (QED) is 0.640. The summed E-state index contributed by atoms with van der Waals surface area (Å²) in [5.74, 6) is 0.0453. The molecule has 2 aromatic rings. The van der Waals surface area contributed by atoms with Gasteiger partial charge in [-0.3, -0.25) is 14.4 Å². The number of rotatable bonds is 4. The van der Waals surface area contributed by atoms with E-state index in [-0.39, 0.29) is 10.8 Å². The van der Waals surface area contributed by atoms with Gasteiger partial charge in [0.15, 0.2) is 11.0 Å². The van der Waals surface area contributed by atoms with Crippen molar-refractivity contribution in [3.05, 3.63) is 69.8 Å². The van der Waals surface area contributed by atoms with E-state index >= 15 is 0 Å². The molecular formula is C17H16N2O3S. The van der Waals surface area contributed by atoms with Crippen molar-refractivity contribution in [3.63, 3.8) is 0 Å². The van der Waals surface area contributed by atoms with Crippen molar-refractivity contribution in [2.75, 3.05) is 10.8 Å². The van der Waals surface area contributed by atoms with E-state index in [0.29, 0.717) is 13.0 Å². The van der Waals surface area contributed by atoms with Gasteiger partial charge >= 0.3 is 0 Å². The molecule has 5 nitrogen and oxygen atoms in total. The summed E-state index contributed by atoms with van der Waals surface area (Å²) in [5.41, 5.74) is 3.16. The first-order valence-electron chi connectivity index (χ1n) is 7.66. The molecule has 1 aliphatic heterocycles. The maximum Gasteiger partial charge on any atom is 0.221 e. The Morgan fingerprint density at radius 1 is 1.17 bits per heavy atom. The van der Waals surface area contributed by atoms with Crippen molar-refractivity contribution in [2.24, 2.45) is 0 Å². The zero-order chi connectivity index (χ0) is 16.0. The molecule has 0 amide bonds. The monoisotopic (exact) mass is 328 g/mol. The third-order valence-corrected chi connectivity index (χ3v) is 6.01. The smallest absolute Gasteiger partial charge is 0.221 e. The molecule has 0 saturated heterocycles. The number of anilines is 1. The van der Waals surface area contributed by atoms with E-state index in [0.717, 1.165) is 28.1 Å². The van der Waals surface area contributed by atoms with Gasteiger partial charge in [-0.05, 0) is 35.7 Å². The zero-order valence-corrected chi connectivity index (χ0v) is 13.2. The molecule has 3 atom stereocenters. The van der Waals surface area contributed by atoms with Crippen molar-refractivity contribution < 1.29 is 9.13 Å². The largest absolute Gasteiger partial charge is 0.287 e. The maximum absolute atomic E-state index is 12.7. The van der Waals surface area contributed by atoms with Crippen molar-refractivity contribution in [1.82, 2.24) is 0 Å². The van der Waals surface area contributed by atoms with Crippen molar-refractivity contribution in [3.8, 4) is 0 Å². The lowest BCUT2D eigenvalue weighted by atomic mass is 10.0. The molecule has 0 aromatic heterocycles. The van der Waals surface area contributed by atoms with E-state index in [9.17, 15) is 14.3 Å². The molecule has 118 valence electrons. The van der Waals surface area contributed by atoms with Crippen LogP contribution in [-0.2, 0) is 17.4 Å². The third kappa shape index (κ3) is 2.53. The minimum atomic E-state index is -1.21. The van der Waals surface area contributed by atoms with E-state index in [1.807, 2.05) is 46.8 Å². The average Bonchev–Trinajstić information content (AvgIpc) is 3.28. The van der Waals surface area contributed by atoms with Gasteiger partial charge in [-0.25, -0.2) is 4.21 Å². The molecule has 1 saturated carbocycles. The molecule has 4 rings (SSSR count). The van der Waals surface area contributed by atoms with Gasteiger partial charge in [0.05, 0.1) is 16.5 Å². The van der Waals surface area contributed by atoms with Crippen LogP contribution in [-0.4, -0.2) is 21.7 Å². The Morgan fingerprint density at radius 3 is 2.65 bits per heavy atom. The third-order valence-electron chi connectivity index (χ3n) is 4.56. The Balaban J connectivity index is 1.58. The highest BCUT2D eigenvalue weighted by Gasteiger charge is 2.49. The Bertz CT molecular complexity index is 794. The van der Waals surface area contributed by atoms with Crippen LogP contribution in [0.1, 0.15) is 23.5 Å². The molecule has 2 aromatic carbocycles. The predicted octanol–water partition coefficient (Wildman–Crippen LogP) is 2.90. The second kappa shape index (κ2) is 5.45. The summed E-state index contributed by atoms with van der Waals surface area (Å²) in [5, 5.41) is 10.8. The van der Waals surface area contributed by atoms with Crippen LogP contribution in [0.5, 0.6) is 0 Å². The summed E-state index contributed by atoms with van der Waals surface area (Å²) < 4.78 is 14.6. The summed E-state index contributed by atoms with van der Waals surface area (Å²) in [6, 6.07) is 15.0. The van der Waals surface area contributed by atoms with Crippen molar-refractivity contribution in [1.29, 1.82) is 0 Å². The SMILES string of the molecule is O=[N+]([O-])C1CC1c1ccc2c(c1)CCN2S(=O)c1ccccc1. The molecule has 2 aliphatic rings. The second-order valence-electron chi connectivity index (χ2n) is 6.00. The van der Waals surface area contributed by atoms with Crippen LogP contribution in [0.2, 0.25) is 0 Å². The van der Waals surface area contributed by atoms with Gasteiger partial charge in [-0.2, -0.15) is 0 Å². The van der Waals surface area contributed by atoms with E-state index in [2.05, 4.69) is 6.07 Å². The number of hydrogen-bond acceptors (Lipinski definition) is 3. The summed E-state index contributed by atoms with van der Waals surface area (Å²) in [6.45, 7) is 0.712. The van der Waals surface area contributed by atoms with Gasteiger partial charge in [0.25, 0.3) is 0 Å². The van der Waals surface area contributed by atoms with Crippen LogP contribution >= 0.6 is 0 Å². The zero-order valence-electron chi connectivity index (χ0n) is 12.4. The average molecular weight is 328 g/mol. The predicted molar refractivity (Wildman–Crippen MR) is 88.5 cm³/mol. The lowest BCUT2D eigenvalue weighted by Gasteiger charge is -2.18. The molecule has 0 radical (unpaired) electrons. The Hall–Kier alpha value is -2.21. The number of nitrogens with zero attached hydrogens (tertiary/aromatic N) is 2. The Kier molecular flexibility index (Phi) is 3.41. The minimum Gasteiger partial charge on any atom is -0.287 e. The highest BCUT2D eigenvalue weighted by Crippen LogP contribution is 2.44. The fourth-order valence-corrected chi connectivity index (χ4v) is 4.49. The number of fused-ring (bicyclic) bond motifs is 1. The van der Waals surface area contributed by atoms with Gasteiger partial charge in [0, 0.05) is 17.9 Å². The van der Waals surface area contributed by atoms with Crippen LogP contribution in [0.15, 0.2) is 53.4 Å². The summed E-state index contributed by atoms with van der Waals surface area (Å²) in [7, 11) is -1.21. The van der Waals surface area contributed by atoms with E-state index in [1.165, 1.54) is 0 Å². The van der Waals surface area contributed by atoms with E-state index in [4.69, 9.17) is 0 Å². The van der Waals surface area contributed by atoms with Crippen LogP contribution in [0.4, 0.5) is 5.69 Å². The van der Waals surface area contributed by atoms with Crippen LogP contribution in [0, 0.1) is 10.1 Å². The fourth-order valence-electron chi connectivity index (χ4n) is 3.23. The van der Waals surface area contributed by atoms with Crippen LogP contribution < -0.4 is 4.31 Å². The summed E-state index contributed by atoms with van der Waals surface area (Å²) in [4.78, 5) is 11.4. The van der Waals surface area contributed by atoms with Gasteiger partial charge in [-0.15, -0.1) is 0 Å². The first kappa shape index (κ1) is 14.4. The first-order valence-corrected chi connectivity index (χ1v) is 8.76. The Labute approximate surface area is 136 Å². The van der Waals surface area contributed by atoms with Crippen LogP contribution in [0.3, 0.4) is 0 Å². The molecule has 1 fully saturated rings. The molecule has 0 bridgehead atoms.